The molecule has 0 aromatic carbocycles. The summed E-state index contributed by atoms with van der Waals surface area (Å²) >= 11 is 0. The van der Waals surface area contributed by atoms with Crippen molar-refractivity contribution < 1.29 is 51.1 Å². The van der Waals surface area contributed by atoms with Crippen LogP contribution in [0.4, 0.5) is 0 Å². The molecular formula is C6H13NaO4. The zero-order valence-corrected chi connectivity index (χ0v) is 8.87. The maximum Gasteiger partial charge on any atom is 1.00 e. The second kappa shape index (κ2) is 5.97. The molecule has 3 N–H and O–H groups in total. The predicted molar refractivity (Wildman–Crippen MR) is 35.7 cm³/mol. The second-order valence-electron chi connectivity index (χ2n) is 2.54. The van der Waals surface area contributed by atoms with Crippen LogP contribution in [0.25, 0.3) is 0 Å². The number of aliphatic carboxylic acids is 1. The van der Waals surface area contributed by atoms with Crippen molar-refractivity contribution in [1.82, 2.24) is 0 Å². The fraction of sp³-hybridized carbons (Fsp3) is 0.833. The Morgan fingerprint density at radius 2 is 2.09 bits per heavy atom. The van der Waals surface area contributed by atoms with Gasteiger partial charge in [-0.1, -0.05) is 0 Å². The molecule has 0 bridgehead atoms. The Morgan fingerprint density at radius 3 is 2.36 bits per heavy atom. The Hall–Kier alpha value is 0.390. The van der Waals surface area contributed by atoms with Crippen molar-refractivity contribution in [1.29, 1.82) is 0 Å². The molecule has 0 aromatic rings. The van der Waals surface area contributed by atoms with Crippen LogP contribution in [0.2, 0.25) is 0 Å². The summed E-state index contributed by atoms with van der Waals surface area (Å²) in [7, 11) is 0. The fourth-order valence-electron chi connectivity index (χ4n) is 0.655. The van der Waals surface area contributed by atoms with Crippen LogP contribution in [0, 0.1) is 0 Å². The Balaban J connectivity index is -0.000000405. The molecular weight excluding hydrogens is 159 g/mol. The van der Waals surface area contributed by atoms with Gasteiger partial charge in [-0.15, -0.1) is 0 Å². The van der Waals surface area contributed by atoms with Crippen molar-refractivity contribution >= 4 is 5.97 Å². The van der Waals surface area contributed by atoms with Gasteiger partial charge in [-0.05, 0) is 13.3 Å². The van der Waals surface area contributed by atoms with Crippen molar-refractivity contribution in [2.75, 3.05) is 6.61 Å². The van der Waals surface area contributed by atoms with E-state index in [2.05, 4.69) is 0 Å². The summed E-state index contributed by atoms with van der Waals surface area (Å²) in [6.45, 7) is 1.19. The maximum absolute atomic E-state index is 10.0. The van der Waals surface area contributed by atoms with Gasteiger partial charge in [-0.2, -0.15) is 0 Å². The number of hydrogen-bond acceptors (Lipinski definition) is 3. The normalized spacial score (nSPS) is 14.8. The number of carboxylic acids is 1. The molecule has 0 aliphatic heterocycles. The molecule has 0 unspecified atom stereocenters. The molecule has 0 saturated heterocycles. The minimum atomic E-state index is -1.28. The summed E-state index contributed by atoms with van der Waals surface area (Å²) in [4.78, 5) is 10.0. The number of rotatable bonds is 4. The second-order valence-corrected chi connectivity index (χ2v) is 2.54. The zero-order valence-electron chi connectivity index (χ0n) is 7.87. The Kier molecular flexibility index (Phi) is 7.57. The molecule has 0 radical (unpaired) electrons. The molecule has 11 heavy (non-hydrogen) atoms. The first-order valence-corrected chi connectivity index (χ1v) is 3.03. The molecule has 4 nitrogen and oxygen atoms in total. The third-order valence-electron chi connectivity index (χ3n) is 1.18. The quantitative estimate of drug-likeness (QED) is 0.388. The third kappa shape index (κ3) is 8.29. The van der Waals surface area contributed by atoms with E-state index < -0.39 is 11.6 Å². The molecule has 0 fully saturated rings. The predicted octanol–water partition coefficient (Wildman–Crippen LogP) is -3.29. The van der Waals surface area contributed by atoms with Crippen molar-refractivity contribution in [2.24, 2.45) is 0 Å². The average Bonchev–Trinajstić information content (AvgIpc) is 1.59. The number of hydrogen-bond donors (Lipinski definition) is 3. The van der Waals surface area contributed by atoms with Crippen LogP contribution in [0.1, 0.15) is 21.2 Å². The molecule has 0 rings (SSSR count). The fourth-order valence-corrected chi connectivity index (χ4v) is 0.655. The summed E-state index contributed by atoms with van der Waals surface area (Å²) in [6.07, 6.45) is -0.229. The van der Waals surface area contributed by atoms with E-state index in [-0.39, 0.29) is 50.4 Å². The van der Waals surface area contributed by atoms with Crippen LogP contribution < -0.4 is 29.6 Å². The largest absolute Gasteiger partial charge is 1.00 e. The topological polar surface area (TPSA) is 77.8 Å². The van der Waals surface area contributed by atoms with Gasteiger partial charge in [-0.3, -0.25) is 4.79 Å². The van der Waals surface area contributed by atoms with Crippen molar-refractivity contribution in [3.8, 4) is 0 Å². The van der Waals surface area contributed by atoms with Gasteiger partial charge in [0.05, 0.1) is 12.0 Å². The first-order valence-electron chi connectivity index (χ1n) is 3.03. The van der Waals surface area contributed by atoms with Crippen LogP contribution in [0.5, 0.6) is 0 Å². The summed E-state index contributed by atoms with van der Waals surface area (Å²) < 4.78 is 0. The van der Waals surface area contributed by atoms with Gasteiger partial charge in [-0.25, -0.2) is 0 Å². The number of carbonyl (C=O) groups is 1. The van der Waals surface area contributed by atoms with Crippen LogP contribution in [-0.2, 0) is 4.79 Å². The molecule has 0 heterocycles. The molecule has 62 valence electrons. The SMILES string of the molecule is C[C@@](O)(CCO)CC(=O)O.[H-].[Na+]. The molecule has 5 heteroatoms. The monoisotopic (exact) mass is 172 g/mol. The van der Waals surface area contributed by atoms with Crippen LogP contribution in [0.15, 0.2) is 0 Å². The van der Waals surface area contributed by atoms with E-state index in [0.29, 0.717) is 0 Å². The van der Waals surface area contributed by atoms with Gasteiger partial charge in [0, 0.05) is 6.61 Å². The Morgan fingerprint density at radius 1 is 1.64 bits per heavy atom. The minimum absolute atomic E-state index is 0. The van der Waals surface area contributed by atoms with Gasteiger partial charge in [0.2, 0.25) is 0 Å². The smallest absolute Gasteiger partial charge is 1.00 e. The van der Waals surface area contributed by atoms with E-state index in [1.54, 1.807) is 0 Å². The molecule has 0 saturated carbocycles. The molecule has 0 amide bonds. The number of carboxylic acid groups (broad SMARTS) is 1. The average molecular weight is 172 g/mol. The molecule has 0 aliphatic rings. The van der Waals surface area contributed by atoms with E-state index in [0.717, 1.165) is 0 Å². The van der Waals surface area contributed by atoms with E-state index in [1.807, 2.05) is 0 Å². The molecule has 0 aromatic heterocycles. The molecule has 0 aliphatic carbocycles. The van der Waals surface area contributed by atoms with Gasteiger partial charge in [0.25, 0.3) is 0 Å². The Labute approximate surface area is 89.0 Å². The summed E-state index contributed by atoms with van der Waals surface area (Å²) in [5, 5.41) is 25.7. The number of aliphatic hydroxyl groups excluding tert-OH is 1. The van der Waals surface area contributed by atoms with Crippen LogP contribution in [0.3, 0.4) is 0 Å². The van der Waals surface area contributed by atoms with Gasteiger partial charge in [0.15, 0.2) is 0 Å². The third-order valence-corrected chi connectivity index (χ3v) is 1.18. The summed E-state index contributed by atoms with van der Waals surface area (Å²) in [6, 6.07) is 0. The van der Waals surface area contributed by atoms with Crippen LogP contribution >= 0.6 is 0 Å². The number of aliphatic hydroxyl groups is 2. The minimum Gasteiger partial charge on any atom is -1.00 e. The van der Waals surface area contributed by atoms with E-state index in [4.69, 9.17) is 15.3 Å². The van der Waals surface area contributed by atoms with E-state index in [9.17, 15) is 4.79 Å². The van der Waals surface area contributed by atoms with Gasteiger partial charge >= 0.3 is 35.5 Å². The maximum atomic E-state index is 10.0. The Bertz CT molecular complexity index is 129. The zero-order chi connectivity index (χ0) is 8.20. The van der Waals surface area contributed by atoms with Crippen LogP contribution in [-0.4, -0.2) is 33.5 Å². The van der Waals surface area contributed by atoms with Gasteiger partial charge < -0.3 is 16.7 Å². The standard InChI is InChI=1S/C6H12O4.Na.H/c1-6(10,2-3-7)4-5(8)9;;/h7,10H,2-4H2,1H3,(H,8,9);;/q;+1;-1/t6-;;/m1../s1. The van der Waals surface area contributed by atoms with E-state index in [1.165, 1.54) is 6.92 Å². The molecule has 1 atom stereocenters. The van der Waals surface area contributed by atoms with Crippen molar-refractivity contribution in [3.63, 3.8) is 0 Å². The summed E-state index contributed by atoms with van der Waals surface area (Å²) in [5.41, 5.74) is -1.28. The molecule has 0 spiro atoms. The first kappa shape index (κ1) is 13.9. The summed E-state index contributed by atoms with van der Waals surface area (Å²) in [5.74, 6) is -1.06. The van der Waals surface area contributed by atoms with E-state index >= 15 is 0 Å². The van der Waals surface area contributed by atoms with Crippen molar-refractivity contribution in [3.05, 3.63) is 0 Å². The first-order chi connectivity index (χ1) is 4.48. The van der Waals surface area contributed by atoms with Gasteiger partial charge in [0.1, 0.15) is 0 Å². The van der Waals surface area contributed by atoms with Crippen molar-refractivity contribution in [2.45, 2.75) is 25.4 Å².